The minimum Gasteiger partial charge on any atom is -0.357 e. The first-order chi connectivity index (χ1) is 11.3. The second kappa shape index (κ2) is 8.13. The third-order valence-electron chi connectivity index (χ3n) is 3.80. The Bertz CT molecular complexity index is 570. The van der Waals surface area contributed by atoms with Gasteiger partial charge < -0.3 is 10.2 Å². The third kappa shape index (κ3) is 4.81. The molecule has 0 saturated carbocycles. The molecule has 1 fully saturated rings. The minimum atomic E-state index is -4.46. The molecule has 1 aromatic rings. The molecule has 1 unspecified atom stereocenters. The Hall–Kier alpha value is -1.38. The van der Waals surface area contributed by atoms with Crippen LogP contribution in [0.2, 0.25) is 0 Å². The van der Waals surface area contributed by atoms with Crippen LogP contribution in [0.3, 0.4) is 0 Å². The molecule has 1 atom stereocenters. The van der Waals surface area contributed by atoms with Crippen LogP contribution in [0.4, 0.5) is 13.2 Å². The third-order valence-corrected chi connectivity index (χ3v) is 5.17. The number of rotatable bonds is 4. The van der Waals surface area contributed by atoms with E-state index in [1.165, 1.54) is 17.9 Å². The molecule has 1 aliphatic rings. The van der Waals surface area contributed by atoms with Crippen molar-refractivity contribution in [1.82, 2.24) is 20.0 Å². The van der Waals surface area contributed by atoms with E-state index in [1.807, 2.05) is 18.7 Å². The van der Waals surface area contributed by atoms with Gasteiger partial charge in [-0.15, -0.1) is 0 Å². The van der Waals surface area contributed by atoms with Crippen LogP contribution in [0.5, 0.6) is 0 Å². The van der Waals surface area contributed by atoms with E-state index >= 15 is 0 Å². The standard InChI is InChI=1S/C15H24F3N5S/c1-4-12-10-23(6-7-24-12)14(19-5-2)20-8-11-9-22(3)21-13(11)15(16,17)18/h9,12H,4-8,10H2,1-3H3,(H,19,20). The van der Waals surface area contributed by atoms with Gasteiger partial charge in [-0.3, -0.25) is 4.68 Å². The highest BCUT2D eigenvalue weighted by Gasteiger charge is 2.36. The van der Waals surface area contributed by atoms with Crippen LogP contribution in [-0.4, -0.2) is 51.3 Å². The quantitative estimate of drug-likeness (QED) is 0.660. The lowest BCUT2D eigenvalue weighted by Crippen LogP contribution is -2.48. The first kappa shape index (κ1) is 19.0. The maximum Gasteiger partial charge on any atom is 0.435 e. The smallest absolute Gasteiger partial charge is 0.357 e. The molecule has 9 heteroatoms. The summed E-state index contributed by atoms with van der Waals surface area (Å²) in [6.07, 6.45) is -2.00. The summed E-state index contributed by atoms with van der Waals surface area (Å²) < 4.78 is 40.3. The summed E-state index contributed by atoms with van der Waals surface area (Å²) in [5, 5.41) is 7.25. The maximum absolute atomic E-state index is 13.0. The van der Waals surface area contributed by atoms with Crippen molar-refractivity contribution in [2.75, 3.05) is 25.4 Å². The summed E-state index contributed by atoms with van der Waals surface area (Å²) in [5.74, 6) is 1.68. The Morgan fingerprint density at radius 1 is 1.46 bits per heavy atom. The van der Waals surface area contributed by atoms with Crippen molar-refractivity contribution in [2.45, 2.75) is 38.2 Å². The van der Waals surface area contributed by atoms with Gasteiger partial charge in [-0.25, -0.2) is 4.99 Å². The van der Waals surface area contributed by atoms with E-state index < -0.39 is 11.9 Å². The van der Waals surface area contributed by atoms with Gasteiger partial charge in [0, 0.05) is 49.4 Å². The molecule has 1 aliphatic heterocycles. The van der Waals surface area contributed by atoms with Crippen LogP contribution >= 0.6 is 11.8 Å². The second-order valence-electron chi connectivity index (χ2n) is 5.69. The predicted octanol–water partition coefficient (Wildman–Crippen LogP) is 2.73. The second-order valence-corrected chi connectivity index (χ2v) is 7.10. The summed E-state index contributed by atoms with van der Waals surface area (Å²) in [6.45, 7) is 6.47. The van der Waals surface area contributed by atoms with Gasteiger partial charge in [0.15, 0.2) is 11.7 Å². The monoisotopic (exact) mass is 363 g/mol. The summed E-state index contributed by atoms with van der Waals surface area (Å²) in [4.78, 5) is 6.57. The Labute approximate surface area is 144 Å². The average molecular weight is 363 g/mol. The lowest BCUT2D eigenvalue weighted by atomic mass is 10.2. The van der Waals surface area contributed by atoms with Crippen molar-refractivity contribution in [2.24, 2.45) is 12.0 Å². The molecule has 136 valence electrons. The van der Waals surface area contributed by atoms with Gasteiger partial charge >= 0.3 is 6.18 Å². The molecule has 0 bridgehead atoms. The molecule has 0 radical (unpaired) electrons. The zero-order valence-electron chi connectivity index (χ0n) is 14.2. The fourth-order valence-electron chi connectivity index (χ4n) is 2.64. The predicted molar refractivity (Wildman–Crippen MR) is 91.1 cm³/mol. The molecular weight excluding hydrogens is 339 g/mol. The summed E-state index contributed by atoms with van der Waals surface area (Å²) in [7, 11) is 1.49. The Balaban J connectivity index is 2.17. The molecule has 0 amide bonds. The lowest BCUT2D eigenvalue weighted by molar-refractivity contribution is -0.142. The fraction of sp³-hybridized carbons (Fsp3) is 0.733. The van der Waals surface area contributed by atoms with Gasteiger partial charge in [0.1, 0.15) is 0 Å². The number of guanidine groups is 1. The van der Waals surface area contributed by atoms with Crippen LogP contribution in [-0.2, 0) is 19.8 Å². The number of hydrogen-bond donors (Lipinski definition) is 1. The number of alkyl halides is 3. The molecule has 0 aliphatic carbocycles. The van der Waals surface area contributed by atoms with E-state index in [0.29, 0.717) is 17.8 Å². The number of halogens is 3. The van der Waals surface area contributed by atoms with E-state index in [9.17, 15) is 13.2 Å². The van der Waals surface area contributed by atoms with Crippen LogP contribution < -0.4 is 5.32 Å². The Morgan fingerprint density at radius 2 is 2.21 bits per heavy atom. The average Bonchev–Trinajstić information content (AvgIpc) is 2.92. The molecule has 24 heavy (non-hydrogen) atoms. The molecule has 1 saturated heterocycles. The number of aryl methyl sites for hydroxylation is 1. The Morgan fingerprint density at radius 3 is 2.83 bits per heavy atom. The molecule has 2 heterocycles. The number of hydrogen-bond acceptors (Lipinski definition) is 3. The van der Waals surface area contributed by atoms with Crippen molar-refractivity contribution < 1.29 is 13.2 Å². The zero-order valence-corrected chi connectivity index (χ0v) is 15.0. The van der Waals surface area contributed by atoms with Gasteiger partial charge in [-0.1, -0.05) is 6.92 Å². The summed E-state index contributed by atoms with van der Waals surface area (Å²) >= 11 is 1.94. The van der Waals surface area contributed by atoms with E-state index in [1.54, 1.807) is 0 Å². The summed E-state index contributed by atoms with van der Waals surface area (Å²) in [6, 6.07) is 0. The Kier molecular flexibility index (Phi) is 6.42. The van der Waals surface area contributed by atoms with Gasteiger partial charge in [0.05, 0.1) is 6.54 Å². The van der Waals surface area contributed by atoms with Crippen LogP contribution in [0.1, 0.15) is 31.5 Å². The first-order valence-electron chi connectivity index (χ1n) is 8.09. The molecule has 2 rings (SSSR count). The van der Waals surface area contributed by atoms with E-state index in [4.69, 9.17) is 0 Å². The zero-order chi connectivity index (χ0) is 17.7. The lowest BCUT2D eigenvalue weighted by Gasteiger charge is -2.34. The van der Waals surface area contributed by atoms with Crippen LogP contribution in [0.15, 0.2) is 11.2 Å². The van der Waals surface area contributed by atoms with Crippen molar-refractivity contribution in [3.63, 3.8) is 0 Å². The van der Waals surface area contributed by atoms with Gasteiger partial charge in [-0.2, -0.15) is 30.0 Å². The first-order valence-corrected chi connectivity index (χ1v) is 9.14. The largest absolute Gasteiger partial charge is 0.435 e. The topological polar surface area (TPSA) is 45.5 Å². The highest BCUT2D eigenvalue weighted by Crippen LogP contribution is 2.31. The number of nitrogens with one attached hydrogen (secondary N) is 1. The van der Waals surface area contributed by atoms with Crippen molar-refractivity contribution in [3.05, 3.63) is 17.5 Å². The molecule has 1 N–H and O–H groups in total. The summed E-state index contributed by atoms with van der Waals surface area (Å²) in [5.41, 5.74) is -0.760. The van der Waals surface area contributed by atoms with Crippen molar-refractivity contribution in [1.29, 1.82) is 0 Å². The number of aromatic nitrogens is 2. The molecule has 0 spiro atoms. The van der Waals surface area contributed by atoms with E-state index in [2.05, 4.69) is 27.2 Å². The SMILES string of the molecule is CCNC(=NCc1cn(C)nc1C(F)(F)F)N1CCSC(CC)C1. The fourth-order valence-corrected chi connectivity index (χ4v) is 3.82. The molecule has 5 nitrogen and oxygen atoms in total. The van der Waals surface area contributed by atoms with Gasteiger partial charge in [-0.05, 0) is 13.3 Å². The highest BCUT2D eigenvalue weighted by atomic mass is 32.2. The minimum absolute atomic E-state index is 0.0363. The van der Waals surface area contributed by atoms with Crippen LogP contribution in [0, 0.1) is 0 Å². The maximum atomic E-state index is 13.0. The van der Waals surface area contributed by atoms with Gasteiger partial charge in [0.25, 0.3) is 0 Å². The van der Waals surface area contributed by atoms with E-state index in [-0.39, 0.29) is 12.1 Å². The normalized spacial score (nSPS) is 19.7. The number of thioether (sulfide) groups is 1. The number of nitrogens with zero attached hydrogens (tertiary/aromatic N) is 4. The molecular formula is C15H24F3N5S. The molecule has 1 aromatic heterocycles. The van der Waals surface area contributed by atoms with Crippen molar-refractivity contribution >= 4 is 17.7 Å². The van der Waals surface area contributed by atoms with Crippen molar-refractivity contribution in [3.8, 4) is 0 Å². The molecule has 0 aromatic carbocycles. The van der Waals surface area contributed by atoms with Crippen LogP contribution in [0.25, 0.3) is 0 Å². The highest BCUT2D eigenvalue weighted by molar-refractivity contribution is 8.00. The number of aliphatic imine (C=N–C) groups is 1. The van der Waals surface area contributed by atoms with Gasteiger partial charge in [0.2, 0.25) is 0 Å². The van der Waals surface area contributed by atoms with E-state index in [0.717, 1.165) is 25.3 Å².